The molecule has 7 nitrogen and oxygen atoms in total. The van der Waals surface area contributed by atoms with Gasteiger partial charge in [0.15, 0.2) is 5.82 Å². The second kappa shape index (κ2) is 7.00. The van der Waals surface area contributed by atoms with Gasteiger partial charge in [0.2, 0.25) is 10.0 Å². The number of aryl methyl sites for hydroxylation is 1. The molecule has 1 aromatic carbocycles. The molecule has 150 valence electrons. The second-order valence-corrected chi connectivity index (χ2v) is 9.69. The highest BCUT2D eigenvalue weighted by atomic mass is 32.2. The largest absolute Gasteiger partial charge is 0.382 e. The number of fused-ring (bicyclic) bond motifs is 3. The fraction of sp³-hybridized carbons (Fsp3) is 0.500. The molecule has 0 bridgehead atoms. The van der Waals surface area contributed by atoms with Gasteiger partial charge in [-0.25, -0.2) is 23.1 Å². The van der Waals surface area contributed by atoms with Gasteiger partial charge in [0.05, 0.1) is 22.8 Å². The molecule has 0 unspecified atom stereocenters. The minimum Gasteiger partial charge on any atom is -0.382 e. The van der Waals surface area contributed by atoms with Gasteiger partial charge in [0.25, 0.3) is 0 Å². The van der Waals surface area contributed by atoms with Gasteiger partial charge in [-0.15, -0.1) is 0 Å². The lowest BCUT2D eigenvalue weighted by Gasteiger charge is -2.31. The molecule has 0 radical (unpaired) electrons. The van der Waals surface area contributed by atoms with E-state index >= 15 is 0 Å². The highest BCUT2D eigenvalue weighted by Crippen LogP contribution is 2.36. The van der Waals surface area contributed by atoms with Gasteiger partial charge >= 0.3 is 0 Å². The zero-order chi connectivity index (χ0) is 19.9. The minimum atomic E-state index is -3.32. The van der Waals surface area contributed by atoms with Crippen LogP contribution in [0.25, 0.3) is 21.9 Å². The van der Waals surface area contributed by atoms with Crippen molar-refractivity contribution in [2.75, 3.05) is 12.0 Å². The quantitative estimate of drug-likeness (QED) is 0.661. The normalized spacial score (nSPS) is 16.9. The maximum atomic E-state index is 12.1. The molecule has 0 atom stereocenters. The van der Waals surface area contributed by atoms with Gasteiger partial charge in [-0.2, -0.15) is 0 Å². The van der Waals surface area contributed by atoms with Crippen LogP contribution in [-0.4, -0.2) is 34.7 Å². The van der Waals surface area contributed by atoms with Crippen molar-refractivity contribution in [2.24, 2.45) is 0 Å². The molecule has 28 heavy (non-hydrogen) atoms. The van der Waals surface area contributed by atoms with Gasteiger partial charge in [0, 0.05) is 18.4 Å². The van der Waals surface area contributed by atoms with Crippen LogP contribution in [0.1, 0.15) is 44.9 Å². The van der Waals surface area contributed by atoms with Crippen LogP contribution in [0.15, 0.2) is 24.3 Å². The summed E-state index contributed by atoms with van der Waals surface area (Å²) in [6.45, 7) is 2.67. The number of sulfonamides is 1. The third-order valence-corrected chi connectivity index (χ3v) is 6.39. The van der Waals surface area contributed by atoms with Crippen LogP contribution in [0.3, 0.4) is 0 Å². The van der Waals surface area contributed by atoms with Crippen LogP contribution in [0.4, 0.5) is 5.82 Å². The van der Waals surface area contributed by atoms with Crippen molar-refractivity contribution >= 4 is 37.8 Å². The van der Waals surface area contributed by atoms with Crippen LogP contribution in [-0.2, 0) is 23.0 Å². The Kier molecular flexibility index (Phi) is 4.79. The predicted octanol–water partition coefficient (Wildman–Crippen LogP) is 2.98. The second-order valence-electron chi connectivity index (χ2n) is 7.94. The van der Waals surface area contributed by atoms with Crippen LogP contribution >= 0.6 is 0 Å². The highest BCUT2D eigenvalue weighted by molar-refractivity contribution is 7.88. The molecule has 8 heteroatoms. The number of imidazole rings is 1. The van der Waals surface area contributed by atoms with Crippen LogP contribution in [0, 0.1) is 0 Å². The van der Waals surface area contributed by atoms with Crippen molar-refractivity contribution in [1.82, 2.24) is 19.3 Å². The fourth-order valence-corrected chi connectivity index (χ4v) is 5.59. The van der Waals surface area contributed by atoms with Crippen molar-refractivity contribution < 1.29 is 8.42 Å². The van der Waals surface area contributed by atoms with Gasteiger partial charge in [-0.1, -0.05) is 38.0 Å². The molecule has 0 amide bonds. The molecule has 2 heterocycles. The molecule has 3 aromatic rings. The topological polar surface area (TPSA) is 103 Å². The van der Waals surface area contributed by atoms with Crippen molar-refractivity contribution in [3.8, 4) is 0 Å². The molecule has 1 saturated carbocycles. The van der Waals surface area contributed by atoms with Crippen LogP contribution < -0.4 is 10.5 Å². The fourth-order valence-electron chi connectivity index (χ4n) is 4.53. The van der Waals surface area contributed by atoms with Gasteiger partial charge < -0.3 is 10.3 Å². The first-order valence-corrected chi connectivity index (χ1v) is 11.7. The van der Waals surface area contributed by atoms with Crippen molar-refractivity contribution in [2.45, 2.75) is 57.5 Å². The summed E-state index contributed by atoms with van der Waals surface area (Å²) in [5, 5.41) is 0.994. The Bertz CT molecular complexity index is 1130. The number of hydrogen-bond donors (Lipinski definition) is 2. The summed E-state index contributed by atoms with van der Waals surface area (Å²) in [7, 11) is -3.32. The van der Waals surface area contributed by atoms with E-state index in [9.17, 15) is 8.42 Å². The third-order valence-electron chi connectivity index (χ3n) is 5.59. The molecule has 0 aliphatic heterocycles. The van der Waals surface area contributed by atoms with E-state index in [4.69, 9.17) is 10.7 Å². The van der Waals surface area contributed by atoms with E-state index in [1.807, 2.05) is 24.3 Å². The highest BCUT2D eigenvalue weighted by Gasteiger charge is 2.38. The Hall–Kier alpha value is -2.19. The number of nitrogen functional groups attached to an aromatic ring is 1. The first-order valence-electron chi connectivity index (χ1n) is 9.84. The van der Waals surface area contributed by atoms with Gasteiger partial charge in [-0.3, -0.25) is 0 Å². The van der Waals surface area contributed by atoms with Gasteiger partial charge in [0.1, 0.15) is 11.3 Å². The Balaban J connectivity index is 1.95. The van der Waals surface area contributed by atoms with Crippen molar-refractivity contribution in [3.63, 3.8) is 0 Å². The summed E-state index contributed by atoms with van der Waals surface area (Å²) in [5.41, 5.74) is 8.24. The zero-order valence-electron chi connectivity index (χ0n) is 16.4. The van der Waals surface area contributed by atoms with Gasteiger partial charge in [-0.05, 0) is 25.3 Å². The lowest BCUT2D eigenvalue weighted by Crippen LogP contribution is -2.49. The minimum absolute atomic E-state index is 0.418. The summed E-state index contributed by atoms with van der Waals surface area (Å²) in [5.74, 6) is 1.35. The van der Waals surface area contributed by atoms with E-state index in [0.29, 0.717) is 17.9 Å². The number of hydrogen-bond acceptors (Lipinski definition) is 5. The molecule has 1 fully saturated rings. The average Bonchev–Trinajstić information content (AvgIpc) is 3.20. The van der Waals surface area contributed by atoms with Crippen molar-refractivity contribution in [3.05, 3.63) is 30.1 Å². The van der Waals surface area contributed by atoms with Crippen molar-refractivity contribution in [1.29, 1.82) is 0 Å². The number of nitrogens with one attached hydrogen (secondary N) is 1. The SMILES string of the molecule is CCCc1nc2c(N)nc3ccccc3c2n1CC1(NS(C)(=O)=O)CCCC1. The summed E-state index contributed by atoms with van der Waals surface area (Å²) in [4.78, 5) is 9.34. The molecule has 1 aliphatic carbocycles. The number of anilines is 1. The number of para-hydroxylation sites is 1. The number of nitrogens with two attached hydrogens (primary N) is 1. The average molecular weight is 402 g/mol. The Labute approximate surface area is 165 Å². The number of rotatable bonds is 6. The Morgan fingerprint density at radius 2 is 1.93 bits per heavy atom. The molecule has 4 rings (SSSR count). The third kappa shape index (κ3) is 3.46. The number of benzene rings is 1. The number of nitrogens with zero attached hydrogens (tertiary/aromatic N) is 3. The van der Waals surface area contributed by atoms with E-state index in [1.54, 1.807) is 0 Å². The monoisotopic (exact) mass is 401 g/mol. The lowest BCUT2D eigenvalue weighted by atomic mass is 9.98. The molecule has 0 saturated heterocycles. The maximum absolute atomic E-state index is 12.1. The summed E-state index contributed by atoms with van der Waals surface area (Å²) in [6, 6.07) is 7.90. The van der Waals surface area contributed by atoms with E-state index in [0.717, 1.165) is 60.8 Å². The summed E-state index contributed by atoms with van der Waals surface area (Å²) >= 11 is 0. The summed E-state index contributed by atoms with van der Waals surface area (Å²) in [6.07, 6.45) is 6.67. The van der Waals surface area contributed by atoms with E-state index in [-0.39, 0.29) is 0 Å². The molecule has 3 N–H and O–H groups in total. The first-order chi connectivity index (χ1) is 13.3. The molecular weight excluding hydrogens is 374 g/mol. The van der Waals surface area contributed by atoms with E-state index in [2.05, 4.69) is 21.2 Å². The molecule has 1 aliphatic rings. The predicted molar refractivity (Wildman–Crippen MR) is 113 cm³/mol. The number of pyridine rings is 1. The summed E-state index contributed by atoms with van der Waals surface area (Å²) < 4.78 is 29.3. The smallest absolute Gasteiger partial charge is 0.209 e. The molecule has 2 aromatic heterocycles. The number of aromatic nitrogens is 3. The zero-order valence-corrected chi connectivity index (χ0v) is 17.2. The standard InChI is InChI=1S/C20H27N5O2S/c1-3-8-16-23-17-18(14-9-4-5-10-15(14)22-19(17)21)25(16)13-20(11-6-7-12-20)24-28(2,26)27/h4-5,9-10,24H,3,6-8,11-13H2,1-2H3,(H2,21,22). The van der Waals surface area contributed by atoms with Crippen LogP contribution in [0.5, 0.6) is 0 Å². The van der Waals surface area contributed by atoms with Crippen LogP contribution in [0.2, 0.25) is 0 Å². The lowest BCUT2D eigenvalue weighted by molar-refractivity contribution is 0.335. The Morgan fingerprint density at radius 3 is 2.61 bits per heavy atom. The maximum Gasteiger partial charge on any atom is 0.209 e. The first kappa shape index (κ1) is 19.1. The Morgan fingerprint density at radius 1 is 1.21 bits per heavy atom. The van der Waals surface area contributed by atoms with E-state index < -0.39 is 15.6 Å². The van der Waals surface area contributed by atoms with E-state index in [1.165, 1.54) is 6.26 Å². The molecule has 0 spiro atoms. The molecular formula is C20H27N5O2S.